The third-order valence-corrected chi connectivity index (χ3v) is 1.97. The molecule has 0 aliphatic rings. The minimum absolute atomic E-state index is 0.666. The Bertz CT molecular complexity index is 107. The van der Waals surface area contributed by atoms with E-state index in [1.165, 1.54) is 25.7 Å². The number of hydrogen-bond donors (Lipinski definition) is 0. The summed E-state index contributed by atoms with van der Waals surface area (Å²) in [5, 5.41) is 0. The van der Waals surface area contributed by atoms with Gasteiger partial charge in [-0.15, -0.1) is 0 Å². The van der Waals surface area contributed by atoms with Gasteiger partial charge in [-0.2, -0.15) is 0 Å². The molecule has 0 rings (SSSR count). The molecule has 0 N–H and O–H groups in total. The largest absolute Gasteiger partial charge is 0.499 e. The third-order valence-electron chi connectivity index (χ3n) is 1.97. The summed E-state index contributed by atoms with van der Waals surface area (Å²) in [5.41, 5.74) is 0. The van der Waals surface area contributed by atoms with Crippen LogP contribution in [0.25, 0.3) is 0 Å². The van der Waals surface area contributed by atoms with Crippen LogP contribution in [0.15, 0.2) is 12.3 Å². The molecule has 0 bridgehead atoms. The van der Waals surface area contributed by atoms with Gasteiger partial charge in [-0.05, 0) is 25.8 Å². The SMILES string of the molecule is CCCCCCC=COCCOCC. The molecule has 2 nitrogen and oxygen atoms in total. The molecule has 0 amide bonds. The average Bonchev–Trinajstić information content (AvgIpc) is 2.21. The van der Waals surface area contributed by atoms with Gasteiger partial charge in [-0.25, -0.2) is 0 Å². The van der Waals surface area contributed by atoms with Crippen LogP contribution in [0.2, 0.25) is 0 Å². The lowest BCUT2D eigenvalue weighted by Gasteiger charge is -2.00. The van der Waals surface area contributed by atoms with Crippen molar-refractivity contribution in [2.24, 2.45) is 0 Å². The second kappa shape index (κ2) is 12.5. The van der Waals surface area contributed by atoms with Crippen LogP contribution in [0.4, 0.5) is 0 Å². The van der Waals surface area contributed by atoms with Crippen molar-refractivity contribution in [2.75, 3.05) is 19.8 Å². The summed E-state index contributed by atoms with van der Waals surface area (Å²) in [6, 6.07) is 0. The van der Waals surface area contributed by atoms with E-state index in [0.29, 0.717) is 13.2 Å². The molecule has 0 aromatic rings. The van der Waals surface area contributed by atoms with Gasteiger partial charge in [0.1, 0.15) is 6.61 Å². The highest BCUT2D eigenvalue weighted by atomic mass is 16.5. The Morgan fingerprint density at radius 3 is 2.57 bits per heavy atom. The van der Waals surface area contributed by atoms with Crippen LogP contribution in [0.1, 0.15) is 46.0 Å². The first-order chi connectivity index (χ1) is 6.91. The Kier molecular flexibility index (Phi) is 12.1. The summed E-state index contributed by atoms with van der Waals surface area (Å²) in [7, 11) is 0. The van der Waals surface area contributed by atoms with Gasteiger partial charge in [0, 0.05) is 6.61 Å². The highest BCUT2D eigenvalue weighted by Crippen LogP contribution is 2.02. The predicted molar refractivity (Wildman–Crippen MR) is 60.3 cm³/mol. The molecule has 14 heavy (non-hydrogen) atoms. The molecule has 84 valence electrons. The van der Waals surface area contributed by atoms with Gasteiger partial charge < -0.3 is 9.47 Å². The monoisotopic (exact) mass is 200 g/mol. The summed E-state index contributed by atoms with van der Waals surface area (Å²) >= 11 is 0. The number of rotatable bonds is 10. The van der Waals surface area contributed by atoms with E-state index < -0.39 is 0 Å². The molecule has 0 fully saturated rings. The van der Waals surface area contributed by atoms with Gasteiger partial charge >= 0.3 is 0 Å². The lowest BCUT2D eigenvalue weighted by molar-refractivity contribution is 0.0930. The predicted octanol–water partition coefficient (Wildman–Crippen LogP) is 3.52. The van der Waals surface area contributed by atoms with Crippen molar-refractivity contribution in [3.8, 4) is 0 Å². The lowest BCUT2D eigenvalue weighted by atomic mass is 10.1. The van der Waals surface area contributed by atoms with Crippen molar-refractivity contribution >= 4 is 0 Å². The van der Waals surface area contributed by atoms with E-state index in [0.717, 1.165) is 13.0 Å². The highest BCUT2D eigenvalue weighted by molar-refractivity contribution is 4.72. The van der Waals surface area contributed by atoms with E-state index in [9.17, 15) is 0 Å². The molecule has 0 spiro atoms. The van der Waals surface area contributed by atoms with Crippen molar-refractivity contribution < 1.29 is 9.47 Å². The minimum atomic E-state index is 0.666. The van der Waals surface area contributed by atoms with Crippen molar-refractivity contribution in [2.45, 2.75) is 46.0 Å². The van der Waals surface area contributed by atoms with Crippen LogP contribution in [0, 0.1) is 0 Å². The van der Waals surface area contributed by atoms with Gasteiger partial charge in [0.2, 0.25) is 0 Å². The summed E-state index contributed by atoms with van der Waals surface area (Å²) in [6.45, 7) is 6.34. The second-order valence-electron chi connectivity index (χ2n) is 3.29. The third kappa shape index (κ3) is 11.5. The summed E-state index contributed by atoms with van der Waals surface area (Å²) in [4.78, 5) is 0. The Morgan fingerprint density at radius 2 is 1.86 bits per heavy atom. The zero-order valence-corrected chi connectivity index (χ0v) is 9.63. The molecule has 0 aromatic carbocycles. The topological polar surface area (TPSA) is 18.5 Å². The Hall–Kier alpha value is -0.500. The van der Waals surface area contributed by atoms with Crippen LogP contribution in [0.5, 0.6) is 0 Å². The number of allylic oxidation sites excluding steroid dienone is 1. The Labute approximate surface area is 88.3 Å². The normalized spacial score (nSPS) is 11.0. The fraction of sp³-hybridized carbons (Fsp3) is 0.833. The molecule has 0 atom stereocenters. The molecule has 0 radical (unpaired) electrons. The molecule has 0 aliphatic heterocycles. The Balaban J connectivity index is 2.96. The molecule has 0 saturated heterocycles. The molecule has 0 saturated carbocycles. The zero-order valence-electron chi connectivity index (χ0n) is 9.63. The maximum atomic E-state index is 5.24. The zero-order chi connectivity index (χ0) is 10.5. The molecule has 0 aromatic heterocycles. The van der Waals surface area contributed by atoms with Crippen molar-refractivity contribution in [1.29, 1.82) is 0 Å². The quantitative estimate of drug-likeness (QED) is 0.397. The van der Waals surface area contributed by atoms with Gasteiger partial charge in [0.05, 0.1) is 12.9 Å². The van der Waals surface area contributed by atoms with E-state index >= 15 is 0 Å². The van der Waals surface area contributed by atoms with Crippen LogP contribution in [0.3, 0.4) is 0 Å². The van der Waals surface area contributed by atoms with E-state index in [4.69, 9.17) is 9.47 Å². The summed E-state index contributed by atoms with van der Waals surface area (Å²) in [5.74, 6) is 0. The van der Waals surface area contributed by atoms with Crippen LogP contribution in [-0.2, 0) is 9.47 Å². The number of ether oxygens (including phenoxy) is 2. The molecule has 0 aliphatic carbocycles. The van der Waals surface area contributed by atoms with Crippen molar-refractivity contribution in [3.05, 3.63) is 12.3 Å². The van der Waals surface area contributed by atoms with Crippen molar-refractivity contribution in [3.63, 3.8) is 0 Å². The van der Waals surface area contributed by atoms with Gasteiger partial charge in [-0.1, -0.05) is 26.2 Å². The second-order valence-corrected chi connectivity index (χ2v) is 3.29. The fourth-order valence-corrected chi connectivity index (χ4v) is 1.14. The van der Waals surface area contributed by atoms with E-state index in [-0.39, 0.29) is 0 Å². The fourth-order valence-electron chi connectivity index (χ4n) is 1.14. The van der Waals surface area contributed by atoms with Crippen LogP contribution >= 0.6 is 0 Å². The van der Waals surface area contributed by atoms with Crippen molar-refractivity contribution in [1.82, 2.24) is 0 Å². The van der Waals surface area contributed by atoms with Crippen LogP contribution in [-0.4, -0.2) is 19.8 Å². The molecule has 0 unspecified atom stereocenters. The summed E-state index contributed by atoms with van der Waals surface area (Å²) in [6.07, 6.45) is 10.3. The van der Waals surface area contributed by atoms with E-state index in [1.807, 2.05) is 6.92 Å². The first-order valence-electron chi connectivity index (χ1n) is 5.76. The smallest absolute Gasteiger partial charge is 0.111 e. The highest BCUT2D eigenvalue weighted by Gasteiger charge is 1.85. The number of hydrogen-bond acceptors (Lipinski definition) is 2. The lowest BCUT2D eigenvalue weighted by Crippen LogP contribution is -1.99. The summed E-state index contributed by atoms with van der Waals surface area (Å²) < 4.78 is 10.4. The number of unbranched alkanes of at least 4 members (excludes halogenated alkanes) is 4. The van der Waals surface area contributed by atoms with Crippen LogP contribution < -0.4 is 0 Å². The molecule has 2 heteroatoms. The first kappa shape index (κ1) is 13.5. The molecule has 0 heterocycles. The maximum Gasteiger partial charge on any atom is 0.111 e. The molecular formula is C12H24O2. The molecular weight excluding hydrogens is 176 g/mol. The standard InChI is InChI=1S/C12H24O2/c1-3-5-6-7-8-9-10-14-12-11-13-4-2/h9-10H,3-8,11-12H2,1-2H3. The van der Waals surface area contributed by atoms with E-state index in [2.05, 4.69) is 13.0 Å². The van der Waals surface area contributed by atoms with Gasteiger partial charge in [0.25, 0.3) is 0 Å². The minimum Gasteiger partial charge on any atom is -0.499 e. The first-order valence-corrected chi connectivity index (χ1v) is 5.76. The Morgan fingerprint density at radius 1 is 1.00 bits per heavy atom. The van der Waals surface area contributed by atoms with Gasteiger partial charge in [0.15, 0.2) is 0 Å². The average molecular weight is 200 g/mol. The van der Waals surface area contributed by atoms with E-state index in [1.54, 1.807) is 6.26 Å². The maximum absolute atomic E-state index is 5.24. The van der Waals surface area contributed by atoms with Gasteiger partial charge in [-0.3, -0.25) is 0 Å².